The number of nitrogens with zero attached hydrogens (tertiary/aromatic N) is 1. The summed E-state index contributed by atoms with van der Waals surface area (Å²) in [6, 6.07) is 6.02. The fraction of sp³-hybridized carbons (Fsp3) is 0.588. The normalized spacial score (nSPS) is 17.3. The van der Waals surface area contributed by atoms with E-state index in [1.165, 1.54) is 0 Å². The topological polar surface area (TPSA) is 115 Å². The molecule has 154 valence electrons. The van der Waals surface area contributed by atoms with Crippen LogP contribution in [0.5, 0.6) is 5.75 Å². The number of nitrogens with two attached hydrogens (primary N) is 1. The largest absolute Gasteiger partial charge is 0.488 e. The number of hydrogen-bond acceptors (Lipinski definition) is 5. The molecule has 1 aromatic rings. The lowest BCUT2D eigenvalue weighted by molar-refractivity contribution is 0.140. The minimum absolute atomic E-state index is 0. The number of hydrogen-bond donors (Lipinski definition) is 3. The average Bonchev–Trinajstić information content (AvgIpc) is 3.06. The van der Waals surface area contributed by atoms with E-state index in [0.29, 0.717) is 25.7 Å². The highest BCUT2D eigenvalue weighted by molar-refractivity contribution is 14.0. The molecule has 0 radical (unpaired) electrons. The van der Waals surface area contributed by atoms with Gasteiger partial charge in [0.15, 0.2) is 5.96 Å². The molecule has 0 bridgehead atoms. The van der Waals surface area contributed by atoms with Crippen LogP contribution in [0.2, 0.25) is 0 Å². The van der Waals surface area contributed by atoms with Gasteiger partial charge in [-0.1, -0.05) is 12.1 Å². The van der Waals surface area contributed by atoms with E-state index in [-0.39, 0.29) is 42.4 Å². The molecule has 1 unspecified atom stereocenters. The molecule has 1 aromatic carbocycles. The third-order valence-corrected chi connectivity index (χ3v) is 4.61. The van der Waals surface area contributed by atoms with Crippen LogP contribution in [0.25, 0.3) is 0 Å². The number of primary sulfonamides is 1. The number of guanidine groups is 1. The summed E-state index contributed by atoms with van der Waals surface area (Å²) in [6.07, 6.45) is 0.953. The van der Waals surface area contributed by atoms with Gasteiger partial charge in [-0.25, -0.2) is 18.5 Å². The highest BCUT2D eigenvalue weighted by Gasteiger charge is 2.18. The van der Waals surface area contributed by atoms with Crippen LogP contribution < -0.4 is 20.5 Å². The number of rotatable bonds is 8. The number of sulfonamides is 1. The zero-order chi connectivity index (χ0) is 19.0. The van der Waals surface area contributed by atoms with Crippen molar-refractivity contribution in [3.05, 3.63) is 29.3 Å². The third-order valence-electron chi connectivity index (χ3n) is 3.83. The first-order valence-corrected chi connectivity index (χ1v) is 10.5. The lowest BCUT2D eigenvalue weighted by Gasteiger charge is -2.16. The molecule has 0 amide bonds. The monoisotopic (exact) mass is 512 g/mol. The number of nitrogens with one attached hydrogen (secondary N) is 2. The molecule has 0 spiro atoms. The molecular weight excluding hydrogens is 483 g/mol. The molecule has 10 heteroatoms. The number of aryl methyl sites for hydroxylation is 1. The number of benzene rings is 1. The van der Waals surface area contributed by atoms with E-state index in [0.717, 1.165) is 29.9 Å². The third kappa shape index (κ3) is 9.08. The molecule has 1 heterocycles. The van der Waals surface area contributed by atoms with Crippen LogP contribution in [-0.2, 0) is 21.3 Å². The summed E-state index contributed by atoms with van der Waals surface area (Å²) >= 11 is 0. The van der Waals surface area contributed by atoms with Crippen molar-refractivity contribution in [1.29, 1.82) is 0 Å². The summed E-state index contributed by atoms with van der Waals surface area (Å²) in [5.74, 6) is 1.19. The molecule has 1 aliphatic rings. The average molecular weight is 512 g/mol. The van der Waals surface area contributed by atoms with Gasteiger partial charge in [-0.2, -0.15) is 0 Å². The van der Waals surface area contributed by atoms with Gasteiger partial charge in [-0.15, -0.1) is 24.0 Å². The summed E-state index contributed by atoms with van der Waals surface area (Å²) in [4.78, 5) is 4.52. The Hall–Kier alpha value is -1.11. The Labute approximate surface area is 178 Å². The fourth-order valence-corrected chi connectivity index (χ4v) is 2.89. The molecule has 4 N–H and O–H groups in total. The maximum atomic E-state index is 11.0. The van der Waals surface area contributed by atoms with Gasteiger partial charge >= 0.3 is 0 Å². The number of halogens is 1. The summed E-state index contributed by atoms with van der Waals surface area (Å²) in [6.45, 7) is 6.56. The molecule has 1 fully saturated rings. The standard InChI is InChI=1S/C17H28N4O4S.HI/c1-3-19-17(20-7-9-26(18,22)23)21-11-14-5-4-13(2)10-16(14)25-15-6-8-24-12-15;/h4-5,10,15H,3,6-9,11-12H2,1-2H3,(H2,18,22,23)(H2,19,20,21);1H. The quantitative estimate of drug-likeness (QED) is 0.273. The first-order valence-electron chi connectivity index (χ1n) is 8.74. The van der Waals surface area contributed by atoms with Crippen LogP contribution in [0.3, 0.4) is 0 Å². The van der Waals surface area contributed by atoms with Crippen LogP contribution in [-0.4, -0.2) is 52.5 Å². The molecule has 1 aliphatic heterocycles. The van der Waals surface area contributed by atoms with Gasteiger partial charge in [-0.3, -0.25) is 0 Å². The summed E-state index contributed by atoms with van der Waals surface area (Å²) in [7, 11) is -3.50. The minimum atomic E-state index is -3.50. The Morgan fingerprint density at radius 3 is 2.81 bits per heavy atom. The predicted molar refractivity (Wildman–Crippen MR) is 117 cm³/mol. The van der Waals surface area contributed by atoms with E-state index in [9.17, 15) is 8.42 Å². The molecular formula is C17H29IN4O4S. The van der Waals surface area contributed by atoms with E-state index >= 15 is 0 Å². The molecule has 8 nitrogen and oxygen atoms in total. The van der Waals surface area contributed by atoms with Crippen LogP contribution in [0, 0.1) is 6.92 Å². The molecule has 1 atom stereocenters. The minimum Gasteiger partial charge on any atom is -0.488 e. The predicted octanol–water partition coefficient (Wildman–Crippen LogP) is 1.12. The summed E-state index contributed by atoms with van der Waals surface area (Å²) < 4.78 is 33.5. The van der Waals surface area contributed by atoms with Gasteiger partial charge in [-0.05, 0) is 25.5 Å². The zero-order valence-electron chi connectivity index (χ0n) is 15.7. The molecule has 0 saturated carbocycles. The van der Waals surface area contributed by atoms with E-state index in [1.807, 2.05) is 32.0 Å². The summed E-state index contributed by atoms with van der Waals surface area (Å²) in [5, 5.41) is 11.1. The van der Waals surface area contributed by atoms with Crippen molar-refractivity contribution < 1.29 is 17.9 Å². The first-order chi connectivity index (χ1) is 12.4. The second kappa shape index (κ2) is 11.7. The van der Waals surface area contributed by atoms with Crippen molar-refractivity contribution in [2.45, 2.75) is 32.9 Å². The van der Waals surface area contributed by atoms with Crippen molar-refractivity contribution in [3.8, 4) is 5.75 Å². The lowest BCUT2D eigenvalue weighted by Crippen LogP contribution is -2.40. The Morgan fingerprint density at radius 1 is 1.41 bits per heavy atom. The smallest absolute Gasteiger partial charge is 0.210 e. The van der Waals surface area contributed by atoms with Gasteiger partial charge in [0.05, 0.1) is 25.5 Å². The van der Waals surface area contributed by atoms with Crippen molar-refractivity contribution in [2.75, 3.05) is 32.1 Å². The summed E-state index contributed by atoms with van der Waals surface area (Å²) in [5.41, 5.74) is 2.08. The van der Waals surface area contributed by atoms with Gasteiger partial charge in [0, 0.05) is 25.1 Å². The van der Waals surface area contributed by atoms with Crippen molar-refractivity contribution >= 4 is 40.0 Å². The molecule has 27 heavy (non-hydrogen) atoms. The number of ether oxygens (including phenoxy) is 2. The van der Waals surface area contributed by atoms with E-state index in [2.05, 4.69) is 15.6 Å². The van der Waals surface area contributed by atoms with Gasteiger partial charge in [0.25, 0.3) is 0 Å². The Bertz CT molecular complexity index is 722. The zero-order valence-corrected chi connectivity index (χ0v) is 18.9. The second-order valence-corrected chi connectivity index (χ2v) is 7.94. The second-order valence-electron chi connectivity index (χ2n) is 6.20. The first kappa shape index (κ1) is 23.9. The SMILES string of the molecule is CCNC(=NCc1ccc(C)cc1OC1CCOC1)NCCS(N)(=O)=O.I. The van der Waals surface area contributed by atoms with Crippen molar-refractivity contribution in [3.63, 3.8) is 0 Å². The van der Waals surface area contributed by atoms with E-state index in [4.69, 9.17) is 14.6 Å². The highest BCUT2D eigenvalue weighted by Crippen LogP contribution is 2.24. The van der Waals surface area contributed by atoms with Crippen molar-refractivity contribution in [1.82, 2.24) is 10.6 Å². The van der Waals surface area contributed by atoms with Crippen LogP contribution in [0.15, 0.2) is 23.2 Å². The van der Waals surface area contributed by atoms with Gasteiger partial charge < -0.3 is 20.1 Å². The van der Waals surface area contributed by atoms with E-state index in [1.54, 1.807) is 0 Å². The Balaban J connectivity index is 0.00000364. The maximum Gasteiger partial charge on any atom is 0.210 e. The molecule has 2 rings (SSSR count). The lowest BCUT2D eigenvalue weighted by atomic mass is 10.1. The maximum absolute atomic E-state index is 11.0. The van der Waals surface area contributed by atoms with Crippen LogP contribution in [0.4, 0.5) is 0 Å². The van der Waals surface area contributed by atoms with Crippen LogP contribution >= 0.6 is 24.0 Å². The van der Waals surface area contributed by atoms with Gasteiger partial charge in [0.1, 0.15) is 11.9 Å². The number of aliphatic imine (C=N–C) groups is 1. The van der Waals surface area contributed by atoms with Crippen molar-refractivity contribution in [2.24, 2.45) is 10.1 Å². The highest BCUT2D eigenvalue weighted by atomic mass is 127. The van der Waals surface area contributed by atoms with Crippen LogP contribution in [0.1, 0.15) is 24.5 Å². The van der Waals surface area contributed by atoms with E-state index < -0.39 is 10.0 Å². The Morgan fingerprint density at radius 2 is 2.19 bits per heavy atom. The molecule has 1 saturated heterocycles. The Kier molecular flexibility index (Phi) is 10.3. The molecule has 0 aromatic heterocycles. The fourth-order valence-electron chi connectivity index (χ4n) is 2.51. The molecule has 0 aliphatic carbocycles. The van der Waals surface area contributed by atoms with Gasteiger partial charge in [0.2, 0.25) is 10.0 Å².